The first-order valence-corrected chi connectivity index (χ1v) is 15.2. The van der Waals surface area contributed by atoms with Crippen molar-refractivity contribution in [3.8, 4) is 0 Å². The zero-order valence-electron chi connectivity index (χ0n) is 20.1. The van der Waals surface area contributed by atoms with Crippen LogP contribution in [0, 0.1) is 10.8 Å². The molecule has 0 N–H and O–H groups in total. The summed E-state index contributed by atoms with van der Waals surface area (Å²) in [5.41, 5.74) is 2.94. The van der Waals surface area contributed by atoms with E-state index in [1.807, 2.05) is 18.2 Å². The van der Waals surface area contributed by atoms with Crippen molar-refractivity contribution in [2.24, 2.45) is 10.8 Å². The molecule has 0 radical (unpaired) electrons. The van der Waals surface area contributed by atoms with Crippen LogP contribution in [0.4, 0.5) is 8.87 Å². The highest BCUT2D eigenvalue weighted by Gasteiger charge is 2.97. The minimum Gasteiger partial charge on any atom is -0.244 e. The highest BCUT2D eigenvalue weighted by Crippen LogP contribution is 3.06. The van der Waals surface area contributed by atoms with Crippen molar-refractivity contribution in [3.63, 3.8) is 0 Å². The van der Waals surface area contributed by atoms with E-state index >= 15 is 0 Å². The minimum absolute atomic E-state index is 0.246. The number of halogens is 2. The van der Waals surface area contributed by atoms with Gasteiger partial charge in [0.15, 0.2) is 0 Å². The standard InChI is InChI=1S/C12H10FNO4S2.C11H11F.C5H6/c13-14(19(15,16)11-7-3-1-4-8-11)20(17,18)12-9-5-2-6-10-12;12-11-6-10(7-11,8-11)9-4-2-1-3-5-9;1-4-2-5(1,4)3-4/h1-10H;1-5H,6-8H2;1-3H2. The third kappa shape index (κ3) is 4.02. The molecule has 3 aromatic carbocycles. The molecule has 9 rings (SSSR count). The average molecular weight is 544 g/mol. The zero-order valence-corrected chi connectivity index (χ0v) is 21.7. The van der Waals surface area contributed by atoms with Gasteiger partial charge in [0.05, 0.1) is 13.7 Å². The summed E-state index contributed by atoms with van der Waals surface area (Å²) in [5, 5.41) is 0. The van der Waals surface area contributed by atoms with E-state index in [1.165, 1.54) is 42.0 Å². The summed E-state index contributed by atoms with van der Waals surface area (Å²) in [6.45, 7) is 0. The summed E-state index contributed by atoms with van der Waals surface area (Å²) >= 11 is 0. The molecule has 0 heterocycles. The molecule has 9 heteroatoms. The fourth-order valence-electron chi connectivity index (χ4n) is 5.90. The lowest BCUT2D eigenvalue weighted by molar-refractivity contribution is -0.158. The summed E-state index contributed by atoms with van der Waals surface area (Å²) in [7, 11) is -9.53. The zero-order chi connectivity index (χ0) is 26.2. The van der Waals surface area contributed by atoms with E-state index in [9.17, 15) is 25.7 Å². The Labute approximate surface area is 216 Å². The Morgan fingerprint density at radius 1 is 0.568 bits per heavy atom. The van der Waals surface area contributed by atoms with E-state index in [2.05, 4.69) is 12.1 Å². The van der Waals surface area contributed by atoms with Crippen molar-refractivity contribution in [1.29, 1.82) is 0 Å². The molecular formula is C28H27F2NO4S2. The maximum atomic E-state index is 14.0. The minimum atomic E-state index is -4.77. The van der Waals surface area contributed by atoms with Gasteiger partial charge < -0.3 is 0 Å². The van der Waals surface area contributed by atoms with Gasteiger partial charge in [-0.1, -0.05) is 66.7 Å². The molecule has 2 bridgehead atoms. The van der Waals surface area contributed by atoms with E-state index in [1.54, 1.807) is 19.3 Å². The van der Waals surface area contributed by atoms with Crippen LogP contribution in [-0.4, -0.2) is 26.4 Å². The van der Waals surface area contributed by atoms with Crippen LogP contribution in [0.2, 0.25) is 0 Å². The van der Waals surface area contributed by atoms with Crippen LogP contribution < -0.4 is 0 Å². The predicted octanol–water partition coefficient (Wildman–Crippen LogP) is 5.95. The molecule has 194 valence electrons. The van der Waals surface area contributed by atoms with Gasteiger partial charge in [-0.05, 0) is 79.2 Å². The molecule has 6 fully saturated rings. The lowest BCUT2D eigenvalue weighted by Crippen LogP contribution is -2.67. The van der Waals surface area contributed by atoms with Crippen molar-refractivity contribution in [3.05, 3.63) is 96.6 Å². The molecule has 6 saturated carbocycles. The van der Waals surface area contributed by atoms with Gasteiger partial charge in [0.2, 0.25) is 0 Å². The first-order valence-electron chi connectivity index (χ1n) is 12.3. The summed E-state index contributed by atoms with van der Waals surface area (Å²) in [6, 6.07) is 23.4. The second kappa shape index (κ2) is 7.94. The molecule has 6 aliphatic rings. The molecule has 37 heavy (non-hydrogen) atoms. The van der Waals surface area contributed by atoms with Crippen molar-refractivity contribution >= 4 is 20.0 Å². The Balaban J connectivity index is 0.000000121. The SMILES string of the molecule is C1C23CC12C3.FC12CC(c3ccccc3)(C1)C2.O=S(=O)(c1ccccc1)N(F)S(=O)(=O)c1ccccc1. The molecule has 5 nitrogen and oxygen atoms in total. The van der Waals surface area contributed by atoms with Crippen molar-refractivity contribution in [2.45, 2.75) is 59.4 Å². The van der Waals surface area contributed by atoms with Crippen LogP contribution in [0.25, 0.3) is 0 Å². The summed E-state index contributed by atoms with van der Waals surface area (Å²) in [5.74, 6) is 0. The number of rotatable bonds is 5. The van der Waals surface area contributed by atoms with Crippen LogP contribution >= 0.6 is 0 Å². The lowest BCUT2D eigenvalue weighted by atomic mass is 9.40. The maximum absolute atomic E-state index is 14.0. The quantitative estimate of drug-likeness (QED) is 0.373. The monoisotopic (exact) mass is 543 g/mol. The largest absolute Gasteiger partial charge is 0.283 e. The van der Waals surface area contributed by atoms with Gasteiger partial charge in [0.25, 0.3) is 20.0 Å². The van der Waals surface area contributed by atoms with E-state index in [-0.39, 0.29) is 5.41 Å². The molecule has 0 aliphatic heterocycles. The number of sulfonamides is 2. The van der Waals surface area contributed by atoms with E-state index < -0.39 is 39.4 Å². The predicted molar refractivity (Wildman–Crippen MR) is 135 cm³/mol. The molecule has 0 saturated heterocycles. The van der Waals surface area contributed by atoms with Crippen molar-refractivity contribution < 1.29 is 25.7 Å². The molecule has 6 aliphatic carbocycles. The third-order valence-electron chi connectivity index (χ3n) is 8.59. The van der Waals surface area contributed by atoms with E-state index in [0.717, 1.165) is 54.4 Å². The van der Waals surface area contributed by atoms with Crippen molar-refractivity contribution in [1.82, 2.24) is 3.93 Å². The highest BCUT2D eigenvalue weighted by molar-refractivity contribution is 8.03. The summed E-state index contributed by atoms with van der Waals surface area (Å²) in [4.78, 5) is -0.885. The average Bonchev–Trinajstić information content (AvgIpc) is 3.78. The molecule has 0 unspecified atom stereocenters. The molecule has 0 spiro atoms. The Kier molecular flexibility index (Phi) is 5.30. The van der Waals surface area contributed by atoms with Gasteiger partial charge in [-0.25, -0.2) is 21.2 Å². The van der Waals surface area contributed by atoms with E-state index in [4.69, 9.17) is 0 Å². The topological polar surface area (TPSA) is 71.5 Å². The van der Waals surface area contributed by atoms with Gasteiger partial charge in [-0.15, -0.1) is 4.48 Å². The van der Waals surface area contributed by atoms with Gasteiger partial charge in [0, 0.05) is 5.41 Å². The second-order valence-corrected chi connectivity index (χ2v) is 14.9. The Morgan fingerprint density at radius 3 is 1.19 bits per heavy atom. The number of hydrogen-bond acceptors (Lipinski definition) is 4. The van der Waals surface area contributed by atoms with Gasteiger partial charge in [0.1, 0.15) is 5.67 Å². The molecular weight excluding hydrogens is 516 g/mol. The Bertz CT molecular complexity index is 1420. The normalized spacial score (nSPS) is 33.1. The lowest BCUT2D eigenvalue weighted by Gasteiger charge is -2.66. The van der Waals surface area contributed by atoms with Gasteiger partial charge >= 0.3 is 0 Å². The fraction of sp³-hybridized carbons (Fsp3) is 0.357. The Hall–Kier alpha value is -2.62. The van der Waals surface area contributed by atoms with Crippen LogP contribution in [0.1, 0.15) is 44.1 Å². The van der Waals surface area contributed by atoms with Crippen LogP contribution in [0.3, 0.4) is 0 Å². The molecule has 3 aromatic rings. The Morgan fingerprint density at radius 2 is 0.892 bits per heavy atom. The second-order valence-electron chi connectivity index (χ2n) is 11.2. The number of nitrogens with zero attached hydrogens (tertiary/aromatic N) is 1. The fourth-order valence-corrected chi connectivity index (χ4v) is 8.78. The molecule has 0 aromatic heterocycles. The van der Waals surface area contributed by atoms with Crippen LogP contribution in [-0.2, 0) is 25.5 Å². The number of benzene rings is 3. The van der Waals surface area contributed by atoms with Gasteiger partial charge in [-0.2, -0.15) is 0 Å². The summed E-state index contributed by atoms with van der Waals surface area (Å²) in [6.07, 6.45) is 7.18. The van der Waals surface area contributed by atoms with Crippen LogP contribution in [0.5, 0.6) is 0 Å². The highest BCUT2D eigenvalue weighted by atomic mass is 32.3. The van der Waals surface area contributed by atoms with E-state index in [0.29, 0.717) is 0 Å². The summed E-state index contributed by atoms with van der Waals surface area (Å²) < 4.78 is 73.8. The maximum Gasteiger partial charge on any atom is 0.283 e. The van der Waals surface area contributed by atoms with Gasteiger partial charge in [-0.3, -0.25) is 0 Å². The first kappa shape index (κ1) is 24.7. The third-order valence-corrected chi connectivity index (χ3v) is 12.3. The first-order chi connectivity index (χ1) is 17.5. The number of alkyl halides is 1. The number of hydrogen-bond donors (Lipinski definition) is 0. The smallest absolute Gasteiger partial charge is 0.244 e. The van der Waals surface area contributed by atoms with Crippen molar-refractivity contribution in [2.75, 3.05) is 0 Å². The molecule has 0 atom stereocenters. The molecule has 0 amide bonds. The van der Waals surface area contributed by atoms with Crippen LogP contribution in [0.15, 0.2) is 101 Å².